The number of rotatable bonds is 6. The molecule has 1 aliphatic heterocycles. The Bertz CT molecular complexity index is 595. The smallest absolute Gasteiger partial charge is 0.319 e. The topological polar surface area (TPSA) is 76.6 Å². The van der Waals surface area contributed by atoms with Crippen LogP contribution in [0.1, 0.15) is 44.1 Å². The van der Waals surface area contributed by atoms with Crippen LogP contribution in [0.2, 0.25) is 0 Å². The van der Waals surface area contributed by atoms with Crippen LogP contribution in [0.5, 0.6) is 0 Å². The number of amides is 2. The van der Waals surface area contributed by atoms with E-state index in [1.807, 2.05) is 18.2 Å². The Balaban J connectivity index is 1.55. The Hall–Kier alpha value is -1.63. The number of nitrogens with zero attached hydrogens (tertiary/aromatic N) is 1. The van der Waals surface area contributed by atoms with E-state index in [-0.39, 0.29) is 12.6 Å². The van der Waals surface area contributed by atoms with E-state index in [0.717, 1.165) is 24.3 Å². The Morgan fingerprint density at radius 2 is 2.08 bits per heavy atom. The van der Waals surface area contributed by atoms with E-state index >= 15 is 0 Å². The van der Waals surface area contributed by atoms with Gasteiger partial charge < -0.3 is 21.1 Å². The van der Waals surface area contributed by atoms with Gasteiger partial charge in [-0.25, -0.2) is 4.79 Å². The van der Waals surface area contributed by atoms with E-state index in [0.29, 0.717) is 19.0 Å². The summed E-state index contributed by atoms with van der Waals surface area (Å²) in [7, 11) is 2.18. The summed E-state index contributed by atoms with van der Waals surface area (Å²) in [6, 6.07) is 8.33. The largest absolute Gasteiger partial charge is 0.387 e. The summed E-state index contributed by atoms with van der Waals surface area (Å²) < 4.78 is 0. The summed E-state index contributed by atoms with van der Waals surface area (Å²) in [6.45, 7) is 2.40. The zero-order valence-corrected chi connectivity index (χ0v) is 15.8. The number of hydrogen-bond donors (Lipinski definition) is 4. The number of anilines is 1. The summed E-state index contributed by atoms with van der Waals surface area (Å²) in [5.41, 5.74) is 1.12. The number of para-hydroxylation sites is 1. The minimum atomic E-state index is -0.835. The molecule has 2 aliphatic rings. The highest BCUT2D eigenvalue weighted by atomic mass is 16.3. The van der Waals surface area contributed by atoms with Crippen LogP contribution in [-0.4, -0.2) is 54.4 Å². The molecule has 0 bridgehead atoms. The minimum Gasteiger partial charge on any atom is -0.387 e. The average Bonchev–Trinajstić information content (AvgIpc) is 3.09. The van der Waals surface area contributed by atoms with Gasteiger partial charge in [0, 0.05) is 31.4 Å². The number of β-amino-alcohol motifs (C(OH)–C–C–N with tert-alkyl or cyclic N) is 1. The molecular weight excluding hydrogens is 328 g/mol. The summed E-state index contributed by atoms with van der Waals surface area (Å²) in [5.74, 6) is 0. The highest BCUT2D eigenvalue weighted by molar-refractivity contribution is 5.90. The lowest BCUT2D eigenvalue weighted by molar-refractivity contribution is 0.0640. The first-order valence-electron chi connectivity index (χ1n) is 9.82. The number of urea groups is 1. The van der Waals surface area contributed by atoms with E-state index in [1.165, 1.54) is 32.1 Å². The van der Waals surface area contributed by atoms with Gasteiger partial charge in [0.1, 0.15) is 0 Å². The maximum atomic E-state index is 12.3. The Kier molecular flexibility index (Phi) is 6.51. The molecule has 1 atom stereocenters. The molecule has 0 aromatic heterocycles. The Labute approximate surface area is 156 Å². The molecule has 1 saturated carbocycles. The number of benzene rings is 1. The second kappa shape index (κ2) is 8.84. The van der Waals surface area contributed by atoms with Crippen molar-refractivity contribution in [2.45, 2.75) is 56.7 Å². The van der Waals surface area contributed by atoms with Crippen LogP contribution in [0, 0.1) is 0 Å². The molecule has 6 nitrogen and oxygen atoms in total. The van der Waals surface area contributed by atoms with Crippen molar-refractivity contribution in [2.24, 2.45) is 0 Å². The molecule has 3 rings (SSSR count). The quantitative estimate of drug-likeness (QED) is 0.628. The molecule has 1 saturated heterocycles. The van der Waals surface area contributed by atoms with E-state index in [2.05, 4.69) is 34.0 Å². The molecule has 4 N–H and O–H groups in total. The molecule has 1 aliphatic carbocycles. The molecule has 2 fully saturated rings. The lowest BCUT2D eigenvalue weighted by atomic mass is 9.94. The van der Waals surface area contributed by atoms with Crippen molar-refractivity contribution in [2.75, 3.05) is 32.0 Å². The van der Waals surface area contributed by atoms with Gasteiger partial charge in [-0.2, -0.15) is 0 Å². The Morgan fingerprint density at radius 3 is 2.81 bits per heavy atom. The van der Waals surface area contributed by atoms with E-state index in [9.17, 15) is 9.90 Å². The van der Waals surface area contributed by atoms with Gasteiger partial charge in [0.15, 0.2) is 0 Å². The van der Waals surface area contributed by atoms with Crippen LogP contribution in [0.3, 0.4) is 0 Å². The molecular formula is C20H32N4O2. The second-order valence-electron chi connectivity index (χ2n) is 7.82. The highest BCUT2D eigenvalue weighted by Crippen LogP contribution is 2.25. The molecule has 1 aromatic rings. The minimum absolute atomic E-state index is 0.260. The van der Waals surface area contributed by atoms with Crippen molar-refractivity contribution in [3.63, 3.8) is 0 Å². The fraction of sp³-hybridized carbons (Fsp3) is 0.650. The summed E-state index contributed by atoms with van der Waals surface area (Å²) in [4.78, 5) is 14.7. The average molecular weight is 361 g/mol. The predicted octanol–water partition coefficient (Wildman–Crippen LogP) is 2.30. The first kappa shape index (κ1) is 19.1. The summed E-state index contributed by atoms with van der Waals surface area (Å²) in [6.07, 6.45) is 7.17. The molecule has 6 heteroatoms. The van der Waals surface area contributed by atoms with Gasteiger partial charge in [-0.3, -0.25) is 4.90 Å². The third kappa shape index (κ3) is 5.19. The van der Waals surface area contributed by atoms with Crippen molar-refractivity contribution in [3.05, 3.63) is 29.8 Å². The van der Waals surface area contributed by atoms with Gasteiger partial charge in [-0.1, -0.05) is 37.5 Å². The van der Waals surface area contributed by atoms with Crippen molar-refractivity contribution >= 4 is 11.7 Å². The fourth-order valence-corrected chi connectivity index (χ4v) is 3.99. The fourth-order valence-electron chi connectivity index (χ4n) is 3.99. The summed E-state index contributed by atoms with van der Waals surface area (Å²) >= 11 is 0. The van der Waals surface area contributed by atoms with Crippen LogP contribution in [0.15, 0.2) is 24.3 Å². The molecule has 0 spiro atoms. The number of hydrogen-bond acceptors (Lipinski definition) is 4. The van der Waals surface area contributed by atoms with Crippen molar-refractivity contribution in [3.8, 4) is 0 Å². The van der Waals surface area contributed by atoms with Crippen LogP contribution in [-0.2, 0) is 6.54 Å². The lowest BCUT2D eigenvalue weighted by Gasteiger charge is -2.31. The van der Waals surface area contributed by atoms with Gasteiger partial charge in [0.05, 0.1) is 5.60 Å². The zero-order valence-electron chi connectivity index (χ0n) is 15.8. The normalized spacial score (nSPS) is 24.0. The van der Waals surface area contributed by atoms with Crippen LogP contribution >= 0.6 is 0 Å². The third-order valence-electron chi connectivity index (χ3n) is 5.68. The number of carbonyl (C=O) groups is 1. The maximum absolute atomic E-state index is 12.3. The number of nitrogens with one attached hydrogen (secondary N) is 3. The van der Waals surface area contributed by atoms with Crippen molar-refractivity contribution in [1.29, 1.82) is 0 Å². The molecule has 2 amide bonds. The van der Waals surface area contributed by atoms with E-state index in [4.69, 9.17) is 0 Å². The SMILES string of the molecule is CN(Cc1ccccc1NC(=O)NC[C@@]1(O)CCNC1)C1CCCCC1. The van der Waals surface area contributed by atoms with Gasteiger partial charge in [0.25, 0.3) is 0 Å². The predicted molar refractivity (Wildman–Crippen MR) is 104 cm³/mol. The second-order valence-corrected chi connectivity index (χ2v) is 7.82. The standard InChI is InChI=1S/C20H32N4O2/c1-24(17-8-3-2-4-9-17)13-16-7-5-6-10-18(16)23-19(25)22-15-20(26)11-12-21-14-20/h5-7,10,17,21,26H,2-4,8-9,11-15H2,1H3,(H2,22,23,25)/t20-/m1/s1. The highest BCUT2D eigenvalue weighted by Gasteiger charge is 2.31. The molecule has 0 unspecified atom stereocenters. The van der Waals surface area contributed by atoms with Crippen LogP contribution in [0.4, 0.5) is 10.5 Å². The molecule has 144 valence electrons. The molecule has 26 heavy (non-hydrogen) atoms. The molecule has 1 aromatic carbocycles. The van der Waals surface area contributed by atoms with E-state index in [1.54, 1.807) is 0 Å². The lowest BCUT2D eigenvalue weighted by Crippen LogP contribution is -2.45. The monoisotopic (exact) mass is 360 g/mol. The van der Waals surface area contributed by atoms with Crippen LogP contribution < -0.4 is 16.0 Å². The van der Waals surface area contributed by atoms with Gasteiger partial charge >= 0.3 is 6.03 Å². The van der Waals surface area contributed by atoms with Gasteiger partial charge in [-0.15, -0.1) is 0 Å². The molecule has 0 radical (unpaired) electrons. The summed E-state index contributed by atoms with van der Waals surface area (Å²) in [5, 5.41) is 19.2. The van der Waals surface area contributed by atoms with E-state index < -0.39 is 5.60 Å². The Morgan fingerprint density at radius 1 is 1.31 bits per heavy atom. The van der Waals surface area contributed by atoms with Crippen molar-refractivity contribution < 1.29 is 9.90 Å². The number of aliphatic hydroxyl groups is 1. The first-order chi connectivity index (χ1) is 12.6. The molecule has 1 heterocycles. The van der Waals surface area contributed by atoms with Gasteiger partial charge in [-0.05, 0) is 44.5 Å². The van der Waals surface area contributed by atoms with Crippen molar-refractivity contribution in [1.82, 2.24) is 15.5 Å². The van der Waals surface area contributed by atoms with Gasteiger partial charge in [0.2, 0.25) is 0 Å². The maximum Gasteiger partial charge on any atom is 0.319 e. The number of carbonyl (C=O) groups excluding carboxylic acids is 1. The zero-order chi connectivity index (χ0) is 18.4. The first-order valence-corrected chi connectivity index (χ1v) is 9.82. The third-order valence-corrected chi connectivity index (χ3v) is 5.68. The van der Waals surface area contributed by atoms with Crippen LogP contribution in [0.25, 0.3) is 0 Å².